The van der Waals surface area contributed by atoms with Crippen molar-refractivity contribution in [1.82, 2.24) is 0 Å². The van der Waals surface area contributed by atoms with Crippen LogP contribution in [0.1, 0.15) is 0 Å². The number of furan rings is 1. The molecule has 6 aromatic carbocycles. The number of fused-ring (bicyclic) bond motifs is 9. The Morgan fingerprint density at radius 2 is 1.19 bits per heavy atom. The predicted octanol–water partition coefficient (Wildman–Crippen LogP) is 10.6. The second-order valence-corrected chi connectivity index (χ2v) is 10.4. The fourth-order valence-electron chi connectivity index (χ4n) is 5.66. The van der Waals surface area contributed by atoms with Gasteiger partial charge in [-0.2, -0.15) is 0 Å². The Balaban J connectivity index is 1.52. The van der Waals surface area contributed by atoms with Gasteiger partial charge >= 0.3 is 0 Å². The van der Waals surface area contributed by atoms with Gasteiger partial charge in [-0.3, -0.25) is 0 Å². The molecule has 2 aromatic heterocycles. The van der Waals surface area contributed by atoms with Crippen LogP contribution in [0.2, 0.25) is 0 Å². The minimum atomic E-state index is 0.902. The molecule has 0 aliphatic heterocycles. The average Bonchev–Trinajstić information content (AvgIpc) is 3.53. The highest BCUT2D eigenvalue weighted by Gasteiger charge is 2.22. The van der Waals surface area contributed by atoms with Crippen molar-refractivity contribution < 1.29 is 4.42 Å². The Morgan fingerprint density at radius 1 is 0.486 bits per heavy atom. The Kier molecular flexibility index (Phi) is 4.42. The molecule has 2 heterocycles. The summed E-state index contributed by atoms with van der Waals surface area (Å²) in [6, 6.07) is 45.1. The monoisotopic (exact) mass is 491 g/mol. The van der Waals surface area contributed by atoms with E-state index in [4.69, 9.17) is 4.42 Å². The molecule has 174 valence electrons. The van der Waals surface area contributed by atoms with Crippen molar-refractivity contribution in [3.8, 4) is 0 Å². The topological polar surface area (TPSA) is 16.4 Å². The number of hydrogen-bond acceptors (Lipinski definition) is 3. The molecular weight excluding hydrogens is 470 g/mol. The number of benzene rings is 6. The van der Waals surface area contributed by atoms with E-state index in [1.165, 1.54) is 36.3 Å². The molecule has 0 unspecified atom stereocenters. The molecule has 0 spiro atoms. The second kappa shape index (κ2) is 7.95. The van der Waals surface area contributed by atoms with E-state index in [0.29, 0.717) is 0 Å². The SMILES string of the molecule is c1ccc(N(c2ccccc2)c2cccc3oc4ccc5c(sc6ccc7ccccc7c65)c4c23)cc1. The van der Waals surface area contributed by atoms with Gasteiger partial charge in [0.15, 0.2) is 0 Å². The first kappa shape index (κ1) is 20.6. The number of anilines is 3. The summed E-state index contributed by atoms with van der Waals surface area (Å²) in [5, 5.41) is 7.51. The lowest BCUT2D eigenvalue weighted by atomic mass is 10.0. The Morgan fingerprint density at radius 3 is 1.97 bits per heavy atom. The molecule has 0 saturated heterocycles. The molecule has 2 nitrogen and oxygen atoms in total. The third-order valence-corrected chi connectivity index (χ3v) is 8.42. The van der Waals surface area contributed by atoms with Crippen LogP contribution in [0.5, 0.6) is 0 Å². The summed E-state index contributed by atoms with van der Waals surface area (Å²) in [6.45, 7) is 0. The standard InChI is InChI=1S/C34H21NOS/c1-3-11-23(12-4-1)35(24-13-5-2-6-14-24)27-16-9-17-28-32(27)33-29(36-28)20-19-26-31-25-15-8-7-10-22(25)18-21-30(31)37-34(26)33/h1-21H. The number of nitrogens with zero attached hydrogens (tertiary/aromatic N) is 1. The van der Waals surface area contributed by atoms with Crippen LogP contribution in [0.3, 0.4) is 0 Å². The van der Waals surface area contributed by atoms with Gasteiger partial charge in [-0.1, -0.05) is 72.8 Å². The van der Waals surface area contributed by atoms with Crippen molar-refractivity contribution in [3.63, 3.8) is 0 Å². The molecular formula is C34H21NOS. The molecule has 0 bridgehead atoms. The molecule has 0 aliphatic rings. The Labute approximate surface area is 217 Å². The number of rotatable bonds is 3. The van der Waals surface area contributed by atoms with Crippen LogP contribution < -0.4 is 4.90 Å². The van der Waals surface area contributed by atoms with Crippen LogP contribution in [0.4, 0.5) is 17.1 Å². The molecule has 0 atom stereocenters. The fourth-order valence-corrected chi connectivity index (χ4v) is 6.92. The first-order chi connectivity index (χ1) is 18.4. The summed E-state index contributed by atoms with van der Waals surface area (Å²) in [7, 11) is 0. The summed E-state index contributed by atoms with van der Waals surface area (Å²) >= 11 is 1.86. The van der Waals surface area contributed by atoms with Gasteiger partial charge in [-0.25, -0.2) is 0 Å². The number of para-hydroxylation sites is 2. The zero-order valence-corrected chi connectivity index (χ0v) is 20.7. The van der Waals surface area contributed by atoms with Crippen LogP contribution in [0.25, 0.3) is 52.9 Å². The van der Waals surface area contributed by atoms with Crippen molar-refractivity contribution in [3.05, 3.63) is 127 Å². The van der Waals surface area contributed by atoms with Crippen molar-refractivity contribution in [2.24, 2.45) is 0 Å². The molecule has 0 radical (unpaired) electrons. The highest BCUT2D eigenvalue weighted by atomic mass is 32.1. The molecule has 0 fully saturated rings. The highest BCUT2D eigenvalue weighted by molar-refractivity contribution is 7.27. The lowest BCUT2D eigenvalue weighted by Gasteiger charge is -2.26. The van der Waals surface area contributed by atoms with Crippen molar-refractivity contribution in [1.29, 1.82) is 0 Å². The molecule has 8 rings (SSSR count). The van der Waals surface area contributed by atoms with Gasteiger partial charge in [0.25, 0.3) is 0 Å². The lowest BCUT2D eigenvalue weighted by molar-refractivity contribution is 0.669. The van der Waals surface area contributed by atoms with E-state index in [-0.39, 0.29) is 0 Å². The minimum Gasteiger partial charge on any atom is -0.456 e. The van der Waals surface area contributed by atoms with Gasteiger partial charge in [-0.05, 0) is 65.4 Å². The molecule has 37 heavy (non-hydrogen) atoms. The molecule has 8 aromatic rings. The summed E-state index contributed by atoms with van der Waals surface area (Å²) in [4.78, 5) is 2.33. The smallest absolute Gasteiger partial charge is 0.137 e. The predicted molar refractivity (Wildman–Crippen MR) is 159 cm³/mol. The number of hydrogen-bond donors (Lipinski definition) is 0. The number of thiophene rings is 1. The first-order valence-electron chi connectivity index (χ1n) is 12.5. The van der Waals surface area contributed by atoms with E-state index >= 15 is 0 Å². The van der Waals surface area contributed by atoms with E-state index < -0.39 is 0 Å². The van der Waals surface area contributed by atoms with Crippen LogP contribution in [-0.4, -0.2) is 0 Å². The van der Waals surface area contributed by atoms with Gasteiger partial charge in [0, 0.05) is 36.9 Å². The maximum atomic E-state index is 6.49. The Hall–Kier alpha value is -4.60. The molecule has 0 aliphatic carbocycles. The van der Waals surface area contributed by atoms with Crippen LogP contribution in [-0.2, 0) is 0 Å². The molecule has 0 N–H and O–H groups in total. The van der Waals surface area contributed by atoms with Gasteiger partial charge in [0.2, 0.25) is 0 Å². The second-order valence-electron chi connectivity index (χ2n) is 9.34. The van der Waals surface area contributed by atoms with Crippen molar-refractivity contribution >= 4 is 81.3 Å². The summed E-state index contributed by atoms with van der Waals surface area (Å²) in [6.07, 6.45) is 0. The highest BCUT2D eigenvalue weighted by Crippen LogP contribution is 2.48. The van der Waals surface area contributed by atoms with Crippen molar-refractivity contribution in [2.75, 3.05) is 4.90 Å². The van der Waals surface area contributed by atoms with E-state index in [2.05, 4.69) is 132 Å². The normalized spacial score (nSPS) is 11.8. The first-order valence-corrected chi connectivity index (χ1v) is 13.3. The maximum Gasteiger partial charge on any atom is 0.137 e. The zero-order valence-electron chi connectivity index (χ0n) is 19.9. The maximum absolute atomic E-state index is 6.49. The lowest BCUT2D eigenvalue weighted by Crippen LogP contribution is -2.09. The van der Waals surface area contributed by atoms with E-state index in [9.17, 15) is 0 Å². The third-order valence-electron chi connectivity index (χ3n) is 7.24. The van der Waals surface area contributed by atoms with Crippen molar-refractivity contribution in [2.45, 2.75) is 0 Å². The third kappa shape index (κ3) is 3.05. The average molecular weight is 492 g/mol. The van der Waals surface area contributed by atoms with E-state index in [1.807, 2.05) is 11.3 Å². The fraction of sp³-hybridized carbons (Fsp3) is 0. The largest absolute Gasteiger partial charge is 0.456 e. The summed E-state index contributed by atoms with van der Waals surface area (Å²) < 4.78 is 9.06. The summed E-state index contributed by atoms with van der Waals surface area (Å²) in [5.74, 6) is 0. The molecule has 0 saturated carbocycles. The minimum absolute atomic E-state index is 0.902. The van der Waals surface area contributed by atoms with Crippen LogP contribution in [0, 0.1) is 0 Å². The van der Waals surface area contributed by atoms with Gasteiger partial charge in [0.05, 0.1) is 11.1 Å². The van der Waals surface area contributed by atoms with E-state index in [0.717, 1.165) is 33.6 Å². The zero-order chi connectivity index (χ0) is 24.3. The Bertz CT molecular complexity index is 2050. The quantitative estimate of drug-likeness (QED) is 0.244. The van der Waals surface area contributed by atoms with Gasteiger partial charge in [-0.15, -0.1) is 11.3 Å². The summed E-state index contributed by atoms with van der Waals surface area (Å²) in [5.41, 5.74) is 5.17. The van der Waals surface area contributed by atoms with Gasteiger partial charge < -0.3 is 9.32 Å². The van der Waals surface area contributed by atoms with Crippen LogP contribution in [0.15, 0.2) is 132 Å². The molecule has 0 amide bonds. The molecule has 3 heteroatoms. The van der Waals surface area contributed by atoms with Crippen LogP contribution >= 0.6 is 11.3 Å². The van der Waals surface area contributed by atoms with E-state index in [1.54, 1.807) is 0 Å². The van der Waals surface area contributed by atoms with Gasteiger partial charge in [0.1, 0.15) is 11.2 Å².